The van der Waals surface area contributed by atoms with Gasteiger partial charge in [0.05, 0.1) is 6.23 Å². The highest BCUT2D eigenvalue weighted by Crippen LogP contribution is 1.84. The SMILES string of the molecule is CC(N)O.O=C(Cl)Cl. The maximum absolute atomic E-state index is 8.98. The minimum Gasteiger partial charge on any atom is -0.379 e. The zero-order chi connectivity index (χ0) is 7.15. The van der Waals surface area contributed by atoms with Gasteiger partial charge in [0, 0.05) is 0 Å². The molecule has 0 aromatic carbocycles. The summed E-state index contributed by atoms with van der Waals surface area (Å²) in [6.07, 6.45) is -0.667. The van der Waals surface area contributed by atoms with E-state index in [1.54, 1.807) is 0 Å². The predicted molar refractivity (Wildman–Crippen MR) is 33.0 cm³/mol. The number of hydrogen-bond donors (Lipinski definition) is 2. The molecule has 8 heavy (non-hydrogen) atoms. The van der Waals surface area contributed by atoms with Crippen LogP contribution < -0.4 is 5.73 Å². The van der Waals surface area contributed by atoms with Crippen LogP contribution in [-0.2, 0) is 0 Å². The van der Waals surface area contributed by atoms with Crippen LogP contribution in [0, 0.1) is 0 Å². The average Bonchev–Trinajstić information content (AvgIpc) is 1.25. The maximum atomic E-state index is 8.98. The molecule has 0 rings (SSSR count). The van der Waals surface area contributed by atoms with Crippen molar-refractivity contribution in [2.24, 2.45) is 5.73 Å². The van der Waals surface area contributed by atoms with Gasteiger partial charge in [-0.1, -0.05) is 0 Å². The summed E-state index contributed by atoms with van der Waals surface area (Å²) in [4.78, 5) is 8.98. The van der Waals surface area contributed by atoms with Gasteiger partial charge in [0.1, 0.15) is 0 Å². The third kappa shape index (κ3) is 5710. The summed E-state index contributed by atoms with van der Waals surface area (Å²) in [5.74, 6) is 0. The van der Waals surface area contributed by atoms with E-state index in [1.165, 1.54) is 6.92 Å². The Kier molecular flexibility index (Phi) is 9.89. The Hall–Kier alpha value is 0.170. The lowest BCUT2D eigenvalue weighted by Crippen LogP contribution is -2.11. The first-order valence-corrected chi connectivity index (χ1v) is 2.51. The number of aliphatic hydroxyl groups is 1. The molecule has 0 radical (unpaired) electrons. The van der Waals surface area contributed by atoms with E-state index in [2.05, 4.69) is 28.9 Å². The fourth-order valence-electron chi connectivity index (χ4n) is 0. The number of carbonyl (C=O) groups excluding carboxylic acids is 1. The molecule has 0 aromatic heterocycles. The van der Waals surface area contributed by atoms with Crippen molar-refractivity contribution in [1.29, 1.82) is 0 Å². The average molecular weight is 160 g/mol. The van der Waals surface area contributed by atoms with Crippen LogP contribution in [0.1, 0.15) is 6.92 Å². The van der Waals surface area contributed by atoms with Gasteiger partial charge >= 0.3 is 4.70 Å². The van der Waals surface area contributed by atoms with Crippen LogP contribution in [0.15, 0.2) is 0 Å². The first-order chi connectivity index (χ1) is 3.46. The van der Waals surface area contributed by atoms with Crippen LogP contribution in [0.5, 0.6) is 0 Å². The largest absolute Gasteiger partial charge is 0.379 e. The van der Waals surface area contributed by atoms with Crippen molar-refractivity contribution in [2.75, 3.05) is 0 Å². The van der Waals surface area contributed by atoms with Gasteiger partial charge in [-0.2, -0.15) is 0 Å². The van der Waals surface area contributed by atoms with Crippen LogP contribution in [0.25, 0.3) is 0 Å². The van der Waals surface area contributed by atoms with Gasteiger partial charge in [-0.15, -0.1) is 0 Å². The third-order valence-corrected chi connectivity index (χ3v) is 0. The molecule has 0 fully saturated rings. The first kappa shape index (κ1) is 11.0. The second-order valence-electron chi connectivity index (χ2n) is 0.966. The lowest BCUT2D eigenvalue weighted by Gasteiger charge is -1.82. The topological polar surface area (TPSA) is 63.3 Å². The molecular formula is C3H7Cl2NO2. The van der Waals surface area contributed by atoms with E-state index >= 15 is 0 Å². The molecule has 0 amide bonds. The summed E-state index contributed by atoms with van der Waals surface area (Å²) >= 11 is 8.80. The predicted octanol–water partition coefficient (Wildman–Crippen LogP) is 0.867. The molecule has 0 spiro atoms. The van der Waals surface area contributed by atoms with E-state index in [0.29, 0.717) is 0 Å². The fraction of sp³-hybridized carbons (Fsp3) is 0.667. The molecule has 0 aromatic rings. The zero-order valence-corrected chi connectivity index (χ0v) is 5.78. The van der Waals surface area contributed by atoms with Gasteiger partial charge in [0.2, 0.25) is 0 Å². The summed E-state index contributed by atoms with van der Waals surface area (Å²) in [6.45, 7) is 1.50. The minimum absolute atomic E-state index is 0.667. The molecule has 3 N–H and O–H groups in total. The van der Waals surface area contributed by atoms with E-state index in [1.807, 2.05) is 0 Å². The maximum Gasteiger partial charge on any atom is 0.313 e. The highest BCUT2D eigenvalue weighted by atomic mass is 35.5. The van der Waals surface area contributed by atoms with Crippen LogP contribution in [-0.4, -0.2) is 16.0 Å². The van der Waals surface area contributed by atoms with Gasteiger partial charge in [0.25, 0.3) is 0 Å². The van der Waals surface area contributed by atoms with Crippen molar-refractivity contribution in [3.05, 3.63) is 0 Å². The molecule has 0 bridgehead atoms. The summed E-state index contributed by atoms with van der Waals surface area (Å²) in [5, 5.41) is 7.83. The normalized spacial score (nSPS) is 11.1. The van der Waals surface area contributed by atoms with E-state index < -0.39 is 10.9 Å². The van der Waals surface area contributed by atoms with Gasteiger partial charge < -0.3 is 10.8 Å². The van der Waals surface area contributed by atoms with Gasteiger partial charge in [0.15, 0.2) is 0 Å². The number of nitrogens with two attached hydrogens (primary N) is 1. The molecule has 1 unspecified atom stereocenters. The number of rotatable bonds is 0. The molecule has 0 heterocycles. The van der Waals surface area contributed by atoms with Crippen LogP contribution in [0.4, 0.5) is 4.79 Å². The van der Waals surface area contributed by atoms with Crippen molar-refractivity contribution in [3.63, 3.8) is 0 Å². The lowest BCUT2D eigenvalue weighted by atomic mass is 10.7. The third-order valence-electron chi connectivity index (χ3n) is 0. The molecule has 0 saturated heterocycles. The second kappa shape index (κ2) is 7.17. The quantitative estimate of drug-likeness (QED) is 0.408. The Bertz CT molecular complexity index is 59.5. The Morgan fingerprint density at radius 1 is 1.75 bits per heavy atom. The summed E-state index contributed by atoms with van der Waals surface area (Å²) in [7, 11) is 0. The summed E-state index contributed by atoms with van der Waals surface area (Å²) in [6, 6.07) is 0. The fourth-order valence-corrected chi connectivity index (χ4v) is 0. The van der Waals surface area contributed by atoms with Crippen molar-refractivity contribution in [3.8, 4) is 0 Å². The highest BCUT2D eigenvalue weighted by molar-refractivity contribution is 6.93. The van der Waals surface area contributed by atoms with Gasteiger partial charge in [-0.3, -0.25) is 4.79 Å². The molecule has 5 heteroatoms. The Balaban J connectivity index is 0. The number of hydrogen-bond acceptors (Lipinski definition) is 3. The second-order valence-corrected chi connectivity index (χ2v) is 1.85. The Morgan fingerprint density at radius 2 is 1.75 bits per heavy atom. The van der Waals surface area contributed by atoms with Crippen LogP contribution in [0.2, 0.25) is 0 Å². The van der Waals surface area contributed by atoms with Gasteiger partial charge in [-0.05, 0) is 30.1 Å². The molecular weight excluding hydrogens is 153 g/mol. The Labute approximate surface area is 57.4 Å². The number of halogens is 2. The molecule has 0 saturated carbocycles. The molecule has 0 aliphatic heterocycles. The van der Waals surface area contributed by atoms with Crippen molar-refractivity contribution in [1.82, 2.24) is 0 Å². The lowest BCUT2D eigenvalue weighted by molar-refractivity contribution is 0.203. The number of aliphatic hydroxyl groups excluding tert-OH is 1. The van der Waals surface area contributed by atoms with E-state index in [-0.39, 0.29) is 0 Å². The molecule has 50 valence electrons. The van der Waals surface area contributed by atoms with Crippen molar-refractivity contribution >= 4 is 27.9 Å². The number of carbonyl (C=O) groups is 1. The summed E-state index contributed by atoms with van der Waals surface area (Å²) in [5.41, 5.74) is 4.67. The van der Waals surface area contributed by atoms with Crippen molar-refractivity contribution in [2.45, 2.75) is 13.2 Å². The monoisotopic (exact) mass is 159 g/mol. The first-order valence-electron chi connectivity index (χ1n) is 1.75. The van der Waals surface area contributed by atoms with E-state index in [9.17, 15) is 0 Å². The highest BCUT2D eigenvalue weighted by Gasteiger charge is 1.72. The van der Waals surface area contributed by atoms with E-state index in [4.69, 9.17) is 9.90 Å². The van der Waals surface area contributed by atoms with E-state index in [0.717, 1.165) is 0 Å². The minimum atomic E-state index is -0.889. The molecule has 0 aliphatic rings. The standard InChI is InChI=1S/C2H7NO.CCl2O/c1-2(3)4;2-1(3)4/h2,4H,3H2,1H3;. The van der Waals surface area contributed by atoms with Crippen LogP contribution in [0.3, 0.4) is 0 Å². The summed E-state index contributed by atoms with van der Waals surface area (Å²) < 4.78 is -0.889. The van der Waals surface area contributed by atoms with Crippen LogP contribution >= 0.6 is 23.2 Å². The molecule has 0 aliphatic carbocycles. The van der Waals surface area contributed by atoms with Gasteiger partial charge in [-0.25, -0.2) is 0 Å². The molecule has 3 nitrogen and oxygen atoms in total. The zero-order valence-electron chi connectivity index (χ0n) is 4.27. The smallest absolute Gasteiger partial charge is 0.313 e. The van der Waals surface area contributed by atoms with Crippen molar-refractivity contribution < 1.29 is 9.90 Å². The Morgan fingerprint density at radius 3 is 1.75 bits per heavy atom. The molecule has 1 atom stereocenters.